The molecule has 0 spiro atoms. The van der Waals surface area contributed by atoms with Crippen LogP contribution in [0.2, 0.25) is 0 Å². The molecule has 1 rings (SSSR count). The van der Waals surface area contributed by atoms with Gasteiger partial charge in [-0.05, 0) is 42.5 Å². The maximum absolute atomic E-state index is 10.6. The fraction of sp³-hybridized carbons (Fsp3) is 0.455. The molecule has 0 radical (unpaired) electrons. The van der Waals surface area contributed by atoms with Gasteiger partial charge in [-0.1, -0.05) is 0 Å². The van der Waals surface area contributed by atoms with E-state index < -0.39 is 6.09 Å². The SMILES string of the molecule is CN(C)CCCOc1ncc(Br)cc1NC(=O)O. The van der Waals surface area contributed by atoms with Crippen LogP contribution in [0.3, 0.4) is 0 Å². The third kappa shape index (κ3) is 5.33. The second-order valence-electron chi connectivity index (χ2n) is 3.94. The molecule has 7 heteroatoms. The summed E-state index contributed by atoms with van der Waals surface area (Å²) in [5, 5.41) is 11.0. The molecule has 100 valence electrons. The van der Waals surface area contributed by atoms with Gasteiger partial charge in [0, 0.05) is 17.2 Å². The van der Waals surface area contributed by atoms with Gasteiger partial charge in [0.15, 0.2) is 0 Å². The van der Waals surface area contributed by atoms with Crippen molar-refractivity contribution >= 4 is 27.7 Å². The summed E-state index contributed by atoms with van der Waals surface area (Å²) in [5.41, 5.74) is 0.335. The minimum atomic E-state index is -1.15. The van der Waals surface area contributed by atoms with Gasteiger partial charge in [0.2, 0.25) is 5.88 Å². The van der Waals surface area contributed by atoms with Gasteiger partial charge in [-0.3, -0.25) is 5.32 Å². The highest BCUT2D eigenvalue weighted by Crippen LogP contribution is 2.25. The molecule has 18 heavy (non-hydrogen) atoms. The van der Waals surface area contributed by atoms with Gasteiger partial charge in [0.05, 0.1) is 6.61 Å². The topological polar surface area (TPSA) is 74.7 Å². The Bertz CT molecular complexity index is 413. The van der Waals surface area contributed by atoms with Gasteiger partial charge in [-0.15, -0.1) is 0 Å². The number of carboxylic acid groups (broad SMARTS) is 1. The van der Waals surface area contributed by atoms with Crippen LogP contribution in [0.5, 0.6) is 5.88 Å². The molecule has 1 aromatic heterocycles. The second-order valence-corrected chi connectivity index (χ2v) is 4.86. The lowest BCUT2D eigenvalue weighted by Crippen LogP contribution is -2.16. The zero-order chi connectivity index (χ0) is 13.5. The summed E-state index contributed by atoms with van der Waals surface area (Å²) in [6, 6.07) is 1.61. The van der Waals surface area contributed by atoms with E-state index >= 15 is 0 Å². The van der Waals surface area contributed by atoms with E-state index in [1.54, 1.807) is 12.3 Å². The van der Waals surface area contributed by atoms with Crippen molar-refractivity contribution in [2.45, 2.75) is 6.42 Å². The Hall–Kier alpha value is -1.34. The Morgan fingerprint density at radius 3 is 2.94 bits per heavy atom. The Labute approximate surface area is 114 Å². The molecular weight excluding hydrogens is 302 g/mol. The zero-order valence-corrected chi connectivity index (χ0v) is 11.9. The number of carbonyl (C=O) groups is 1. The fourth-order valence-corrected chi connectivity index (χ4v) is 1.63. The highest BCUT2D eigenvalue weighted by atomic mass is 79.9. The molecule has 0 fully saturated rings. The highest BCUT2D eigenvalue weighted by molar-refractivity contribution is 9.10. The van der Waals surface area contributed by atoms with Gasteiger partial charge >= 0.3 is 6.09 Å². The molecule has 1 aromatic rings. The van der Waals surface area contributed by atoms with E-state index in [1.165, 1.54) is 0 Å². The summed E-state index contributed by atoms with van der Waals surface area (Å²) >= 11 is 3.23. The number of aromatic nitrogens is 1. The molecule has 0 saturated carbocycles. The van der Waals surface area contributed by atoms with E-state index in [2.05, 4.69) is 31.1 Å². The number of rotatable bonds is 6. The molecule has 2 N–H and O–H groups in total. The number of nitrogens with zero attached hydrogens (tertiary/aromatic N) is 2. The number of amides is 1. The maximum atomic E-state index is 10.6. The standard InChI is InChI=1S/C11H16BrN3O3/c1-15(2)4-3-5-18-10-9(14-11(16)17)6-8(12)7-13-10/h6-7,14H,3-5H2,1-2H3,(H,16,17). The monoisotopic (exact) mass is 317 g/mol. The van der Waals surface area contributed by atoms with Crippen molar-refractivity contribution < 1.29 is 14.6 Å². The van der Waals surface area contributed by atoms with E-state index in [9.17, 15) is 4.79 Å². The van der Waals surface area contributed by atoms with Crippen molar-refractivity contribution in [2.75, 3.05) is 32.6 Å². The largest absolute Gasteiger partial charge is 0.476 e. The van der Waals surface area contributed by atoms with Crippen molar-refractivity contribution in [1.82, 2.24) is 9.88 Å². The van der Waals surface area contributed by atoms with Crippen molar-refractivity contribution in [3.8, 4) is 5.88 Å². The minimum absolute atomic E-state index is 0.291. The number of anilines is 1. The number of hydrogen-bond acceptors (Lipinski definition) is 4. The van der Waals surface area contributed by atoms with Gasteiger partial charge in [-0.25, -0.2) is 9.78 Å². The third-order valence-corrected chi connectivity index (χ3v) is 2.48. The molecule has 0 saturated heterocycles. The van der Waals surface area contributed by atoms with Gasteiger partial charge < -0.3 is 14.7 Å². The van der Waals surface area contributed by atoms with Crippen LogP contribution in [0.25, 0.3) is 0 Å². The Kier molecular flexibility index (Phi) is 5.87. The molecule has 6 nitrogen and oxygen atoms in total. The summed E-state index contributed by atoms with van der Waals surface area (Å²) in [6.07, 6.45) is 1.26. The first-order chi connectivity index (χ1) is 8.49. The summed E-state index contributed by atoms with van der Waals surface area (Å²) in [5.74, 6) is 0.291. The van der Waals surface area contributed by atoms with Crippen LogP contribution in [-0.4, -0.2) is 48.3 Å². The van der Waals surface area contributed by atoms with Gasteiger partial charge in [0.1, 0.15) is 5.69 Å². The lowest BCUT2D eigenvalue weighted by atomic mass is 10.4. The zero-order valence-electron chi connectivity index (χ0n) is 10.3. The Morgan fingerprint density at radius 1 is 1.61 bits per heavy atom. The maximum Gasteiger partial charge on any atom is 0.409 e. The van der Waals surface area contributed by atoms with E-state index in [-0.39, 0.29) is 0 Å². The number of halogens is 1. The first-order valence-electron chi connectivity index (χ1n) is 5.42. The summed E-state index contributed by atoms with van der Waals surface area (Å²) in [4.78, 5) is 16.7. The second kappa shape index (κ2) is 7.17. The van der Waals surface area contributed by atoms with Crippen molar-refractivity contribution in [3.05, 3.63) is 16.7 Å². The molecule has 0 aliphatic carbocycles. The molecule has 1 amide bonds. The molecule has 0 bridgehead atoms. The lowest BCUT2D eigenvalue weighted by Gasteiger charge is -2.12. The van der Waals surface area contributed by atoms with E-state index in [0.29, 0.717) is 22.6 Å². The number of hydrogen-bond donors (Lipinski definition) is 2. The summed E-state index contributed by atoms with van der Waals surface area (Å²) in [7, 11) is 3.96. The van der Waals surface area contributed by atoms with Crippen molar-refractivity contribution in [1.29, 1.82) is 0 Å². The molecule has 1 heterocycles. The van der Waals surface area contributed by atoms with Crippen LogP contribution >= 0.6 is 15.9 Å². The molecule has 0 atom stereocenters. The Balaban J connectivity index is 2.60. The molecule has 0 aliphatic heterocycles. The third-order valence-electron chi connectivity index (χ3n) is 2.05. The average molecular weight is 318 g/mol. The van der Waals surface area contributed by atoms with Crippen LogP contribution in [0.15, 0.2) is 16.7 Å². The lowest BCUT2D eigenvalue weighted by molar-refractivity contribution is 0.209. The number of ether oxygens (including phenoxy) is 1. The van der Waals surface area contributed by atoms with E-state index in [0.717, 1.165) is 13.0 Å². The van der Waals surface area contributed by atoms with Crippen LogP contribution in [0.1, 0.15) is 6.42 Å². The Morgan fingerprint density at radius 2 is 2.33 bits per heavy atom. The average Bonchev–Trinajstić information content (AvgIpc) is 2.25. The van der Waals surface area contributed by atoms with Gasteiger partial charge in [-0.2, -0.15) is 0 Å². The normalized spacial score (nSPS) is 10.4. The highest BCUT2D eigenvalue weighted by Gasteiger charge is 2.09. The van der Waals surface area contributed by atoms with E-state index in [4.69, 9.17) is 9.84 Å². The minimum Gasteiger partial charge on any atom is -0.476 e. The summed E-state index contributed by atoms with van der Waals surface area (Å²) in [6.45, 7) is 1.39. The van der Waals surface area contributed by atoms with Crippen LogP contribution in [0, 0.1) is 0 Å². The molecular formula is C11H16BrN3O3. The van der Waals surface area contributed by atoms with Crippen molar-refractivity contribution in [3.63, 3.8) is 0 Å². The molecule has 0 aromatic carbocycles. The first-order valence-corrected chi connectivity index (χ1v) is 6.21. The molecule has 0 unspecified atom stereocenters. The first kappa shape index (κ1) is 14.7. The number of pyridine rings is 1. The van der Waals surface area contributed by atoms with E-state index in [1.807, 2.05) is 14.1 Å². The van der Waals surface area contributed by atoms with Crippen LogP contribution < -0.4 is 10.1 Å². The quantitative estimate of drug-likeness (QED) is 0.787. The van der Waals surface area contributed by atoms with Crippen LogP contribution in [0.4, 0.5) is 10.5 Å². The van der Waals surface area contributed by atoms with Crippen LogP contribution in [-0.2, 0) is 0 Å². The predicted molar refractivity (Wildman–Crippen MR) is 72.3 cm³/mol. The predicted octanol–water partition coefficient (Wildman–Crippen LogP) is 2.26. The smallest absolute Gasteiger partial charge is 0.409 e. The van der Waals surface area contributed by atoms with Crippen molar-refractivity contribution in [2.24, 2.45) is 0 Å². The fourth-order valence-electron chi connectivity index (χ4n) is 1.30. The summed E-state index contributed by atoms with van der Waals surface area (Å²) < 4.78 is 6.15. The van der Waals surface area contributed by atoms with Gasteiger partial charge in [0.25, 0.3) is 0 Å². The molecule has 0 aliphatic rings. The number of nitrogens with one attached hydrogen (secondary N) is 1.